The molecule has 2 rings (SSSR count). The molecule has 1 heterocycles. The summed E-state index contributed by atoms with van der Waals surface area (Å²) < 4.78 is 32.9. The second kappa shape index (κ2) is 13.7. The van der Waals surface area contributed by atoms with Crippen LogP contribution in [0.4, 0.5) is 0 Å². The largest absolute Gasteiger partial charge is 0.463 e. The molecule has 0 unspecified atom stereocenters. The highest BCUT2D eigenvalue weighted by atomic mass is 16.7. The van der Waals surface area contributed by atoms with E-state index in [0.29, 0.717) is 17.7 Å². The van der Waals surface area contributed by atoms with Crippen molar-refractivity contribution >= 4 is 29.7 Å². The van der Waals surface area contributed by atoms with Gasteiger partial charge in [-0.1, -0.05) is 6.58 Å². The van der Waals surface area contributed by atoms with Crippen molar-refractivity contribution in [3.05, 3.63) is 42.0 Å². The predicted molar refractivity (Wildman–Crippen MR) is 131 cm³/mol. The van der Waals surface area contributed by atoms with Crippen molar-refractivity contribution in [3.63, 3.8) is 0 Å². The molecule has 0 N–H and O–H groups in total. The van der Waals surface area contributed by atoms with Crippen molar-refractivity contribution in [3.8, 4) is 5.75 Å². The molecular formula is C26H33NO11. The minimum atomic E-state index is -1.37. The first-order chi connectivity index (χ1) is 17.8. The van der Waals surface area contributed by atoms with E-state index in [4.69, 9.17) is 28.4 Å². The lowest BCUT2D eigenvalue weighted by Crippen LogP contribution is -2.63. The molecule has 1 saturated heterocycles. The molecule has 0 radical (unpaired) electrons. The summed E-state index contributed by atoms with van der Waals surface area (Å²) in [5.74, 6) is -2.88. The first-order valence-electron chi connectivity index (χ1n) is 11.7. The van der Waals surface area contributed by atoms with Gasteiger partial charge in [0.15, 0.2) is 18.0 Å². The molecule has 5 atom stereocenters. The highest BCUT2D eigenvalue weighted by Crippen LogP contribution is 2.31. The molecule has 0 bridgehead atoms. The summed E-state index contributed by atoms with van der Waals surface area (Å²) in [5.41, 5.74) is 0.786. The lowest BCUT2D eigenvalue weighted by Gasteiger charge is -2.43. The fraction of sp³-hybridized carbons (Fsp3) is 0.500. The molecule has 0 aromatic heterocycles. The molecule has 38 heavy (non-hydrogen) atoms. The smallest absolute Gasteiger partial charge is 0.303 e. The van der Waals surface area contributed by atoms with Crippen molar-refractivity contribution in [1.82, 2.24) is 4.90 Å². The van der Waals surface area contributed by atoms with E-state index in [1.165, 1.54) is 31.2 Å². The van der Waals surface area contributed by atoms with E-state index in [1.807, 2.05) is 19.0 Å². The normalized spacial score (nSPS) is 22.7. The van der Waals surface area contributed by atoms with E-state index in [2.05, 4.69) is 6.58 Å². The van der Waals surface area contributed by atoms with Gasteiger partial charge in [-0.15, -0.1) is 0 Å². The average Bonchev–Trinajstić information content (AvgIpc) is 2.80. The van der Waals surface area contributed by atoms with Gasteiger partial charge in [0.05, 0.1) is 0 Å². The molecular weight excluding hydrogens is 502 g/mol. The second-order valence-corrected chi connectivity index (χ2v) is 8.88. The van der Waals surface area contributed by atoms with E-state index >= 15 is 0 Å². The summed E-state index contributed by atoms with van der Waals surface area (Å²) in [6, 6.07) is 6.07. The number of Topliss-reactive ketones (excluding diaryl/α,β-unsaturated/α-hetero) is 1. The van der Waals surface area contributed by atoms with Crippen LogP contribution in [-0.2, 0) is 42.9 Å². The molecule has 12 heteroatoms. The summed E-state index contributed by atoms with van der Waals surface area (Å²) in [4.78, 5) is 61.5. The first kappa shape index (κ1) is 30.5. The van der Waals surface area contributed by atoms with E-state index in [0.717, 1.165) is 20.8 Å². The third-order valence-corrected chi connectivity index (χ3v) is 5.15. The monoisotopic (exact) mass is 535 g/mol. The number of carbonyl (C=O) groups excluding carboxylic acids is 5. The number of benzene rings is 1. The fourth-order valence-corrected chi connectivity index (χ4v) is 3.76. The highest BCUT2D eigenvalue weighted by Gasteiger charge is 2.53. The maximum atomic E-state index is 12.6. The van der Waals surface area contributed by atoms with E-state index in [1.54, 1.807) is 0 Å². The molecule has 0 amide bonds. The first-order valence-corrected chi connectivity index (χ1v) is 11.7. The standard InChI is InChI=1S/C26H33NO11/c1-14(12-27(6)7)22(32)19-8-10-20(11-9-19)37-26-25(36-18(5)31)24(35-17(4)30)23(34-16(3)29)21(38-26)13-33-15(2)28/h8-11,21,23-26H,1,12-13H2,2-7H3/t21-,23-,24-,25-,26+/m0/s1. The molecule has 0 saturated carbocycles. The van der Waals surface area contributed by atoms with Gasteiger partial charge in [0.25, 0.3) is 0 Å². The maximum absolute atomic E-state index is 12.6. The van der Waals surface area contributed by atoms with Crippen LogP contribution < -0.4 is 4.74 Å². The number of esters is 4. The third-order valence-electron chi connectivity index (χ3n) is 5.15. The van der Waals surface area contributed by atoms with Crippen LogP contribution in [0.1, 0.15) is 38.1 Å². The maximum Gasteiger partial charge on any atom is 0.303 e. The number of ether oxygens (including phenoxy) is 6. The average molecular weight is 536 g/mol. The number of carbonyl (C=O) groups is 5. The fourth-order valence-electron chi connectivity index (χ4n) is 3.76. The Morgan fingerprint density at radius 2 is 1.34 bits per heavy atom. The number of nitrogens with zero attached hydrogens (tertiary/aromatic N) is 1. The van der Waals surface area contributed by atoms with E-state index < -0.39 is 54.6 Å². The summed E-state index contributed by atoms with van der Waals surface area (Å²) >= 11 is 0. The van der Waals surface area contributed by atoms with Gasteiger partial charge in [-0.3, -0.25) is 24.0 Å². The number of ketones is 1. The minimum absolute atomic E-state index is 0.223. The van der Waals surface area contributed by atoms with Crippen molar-refractivity contribution in [1.29, 1.82) is 0 Å². The Morgan fingerprint density at radius 3 is 1.84 bits per heavy atom. The zero-order valence-corrected chi connectivity index (χ0v) is 22.3. The van der Waals surface area contributed by atoms with Crippen molar-refractivity contribution in [2.75, 3.05) is 27.2 Å². The van der Waals surface area contributed by atoms with Crippen molar-refractivity contribution in [2.24, 2.45) is 0 Å². The van der Waals surface area contributed by atoms with E-state index in [-0.39, 0.29) is 18.1 Å². The Balaban J connectivity index is 2.38. The molecule has 1 aromatic rings. The van der Waals surface area contributed by atoms with Crippen LogP contribution in [-0.4, -0.2) is 92.5 Å². The molecule has 1 fully saturated rings. The molecule has 1 aliphatic rings. The minimum Gasteiger partial charge on any atom is -0.463 e. The molecule has 1 aromatic carbocycles. The van der Waals surface area contributed by atoms with Gasteiger partial charge in [0, 0.05) is 45.4 Å². The number of rotatable bonds is 11. The van der Waals surface area contributed by atoms with Crippen molar-refractivity contribution in [2.45, 2.75) is 58.4 Å². The van der Waals surface area contributed by atoms with Crippen LogP contribution in [0.25, 0.3) is 0 Å². The summed E-state index contributed by atoms with van der Waals surface area (Å²) in [6.07, 6.45) is -6.52. The molecule has 208 valence electrons. The Hall–Kier alpha value is -3.77. The topological polar surface area (TPSA) is 144 Å². The second-order valence-electron chi connectivity index (χ2n) is 8.88. The van der Waals surface area contributed by atoms with Crippen LogP contribution in [0.2, 0.25) is 0 Å². The van der Waals surface area contributed by atoms with E-state index in [9.17, 15) is 24.0 Å². The van der Waals surface area contributed by atoms with Crippen LogP contribution in [0.5, 0.6) is 5.75 Å². The molecule has 1 aliphatic heterocycles. The highest BCUT2D eigenvalue weighted by molar-refractivity contribution is 6.08. The summed E-state index contributed by atoms with van der Waals surface area (Å²) in [6.45, 7) is 8.41. The van der Waals surface area contributed by atoms with Gasteiger partial charge in [0.2, 0.25) is 12.4 Å². The Morgan fingerprint density at radius 1 is 0.816 bits per heavy atom. The Kier molecular flexibility index (Phi) is 11.0. The number of hydrogen-bond donors (Lipinski definition) is 0. The zero-order chi connectivity index (χ0) is 28.6. The van der Waals surface area contributed by atoms with Gasteiger partial charge in [-0.25, -0.2) is 0 Å². The summed E-state index contributed by atoms with van der Waals surface area (Å²) in [7, 11) is 3.64. The molecule has 0 spiro atoms. The zero-order valence-electron chi connectivity index (χ0n) is 22.3. The predicted octanol–water partition coefficient (Wildman–Crippen LogP) is 1.45. The van der Waals surface area contributed by atoms with Gasteiger partial charge in [-0.2, -0.15) is 0 Å². The Labute approximate surface area is 220 Å². The number of likely N-dealkylation sites (N-methyl/N-ethyl adjacent to an activating group) is 1. The van der Waals surface area contributed by atoms with Gasteiger partial charge < -0.3 is 33.3 Å². The SMILES string of the molecule is C=C(CN(C)C)C(=O)c1ccc(O[C@@H]2O[C@@H](COC(C)=O)[C@H](OC(C)=O)[C@H](OC(C)=O)[C@@H]2OC(C)=O)cc1. The third kappa shape index (κ3) is 8.96. The van der Waals surface area contributed by atoms with Gasteiger partial charge in [0.1, 0.15) is 18.5 Å². The number of hydrogen-bond acceptors (Lipinski definition) is 12. The van der Waals surface area contributed by atoms with Crippen molar-refractivity contribution < 1.29 is 52.4 Å². The van der Waals surface area contributed by atoms with Gasteiger partial charge in [-0.05, 0) is 38.4 Å². The van der Waals surface area contributed by atoms with Crippen LogP contribution in [0.3, 0.4) is 0 Å². The molecule has 0 aliphatic carbocycles. The summed E-state index contributed by atoms with van der Waals surface area (Å²) in [5, 5.41) is 0. The quantitative estimate of drug-likeness (QED) is 0.175. The Bertz CT molecular complexity index is 1050. The van der Waals surface area contributed by atoms with Crippen LogP contribution in [0, 0.1) is 0 Å². The molecule has 12 nitrogen and oxygen atoms in total. The lowest BCUT2D eigenvalue weighted by molar-refractivity contribution is -0.288. The lowest BCUT2D eigenvalue weighted by atomic mass is 9.98. The van der Waals surface area contributed by atoms with Crippen LogP contribution in [0.15, 0.2) is 36.4 Å². The van der Waals surface area contributed by atoms with Gasteiger partial charge >= 0.3 is 23.9 Å². The van der Waals surface area contributed by atoms with Crippen LogP contribution >= 0.6 is 0 Å².